The van der Waals surface area contributed by atoms with E-state index in [0.29, 0.717) is 11.8 Å². The van der Waals surface area contributed by atoms with Crippen LogP contribution in [0.25, 0.3) is 0 Å². The maximum Gasteiger partial charge on any atom is 0.284 e. The van der Waals surface area contributed by atoms with Crippen LogP contribution < -0.4 is 0 Å². The van der Waals surface area contributed by atoms with Crippen molar-refractivity contribution in [3.63, 3.8) is 0 Å². The van der Waals surface area contributed by atoms with Crippen LogP contribution in [0.5, 0.6) is 0 Å². The van der Waals surface area contributed by atoms with E-state index in [1.54, 1.807) is 6.07 Å². The zero-order valence-electron chi connectivity index (χ0n) is 6.27. The minimum Gasteiger partial charge on any atom is -0.268 e. The number of halogens is 1. The molecule has 0 aliphatic heterocycles. The van der Waals surface area contributed by atoms with Crippen molar-refractivity contribution in [2.45, 2.75) is 4.90 Å². The Balaban J connectivity index is 3.04. The smallest absolute Gasteiger partial charge is 0.268 e. The summed E-state index contributed by atoms with van der Waals surface area (Å²) in [4.78, 5) is 20.6. The molecular weight excluding hydrogens is 214 g/mol. The van der Waals surface area contributed by atoms with Gasteiger partial charge < -0.3 is 0 Å². The first-order chi connectivity index (χ1) is 6.11. The van der Waals surface area contributed by atoms with Crippen LogP contribution in [-0.4, -0.2) is 9.50 Å². The summed E-state index contributed by atoms with van der Waals surface area (Å²) in [5.74, 6) is 0. The van der Waals surface area contributed by atoms with E-state index in [4.69, 9.17) is 11.6 Å². The molecule has 0 aliphatic carbocycles. The lowest BCUT2D eigenvalue weighted by Crippen LogP contribution is -1.90. The predicted molar refractivity (Wildman–Crippen MR) is 50.2 cm³/mol. The van der Waals surface area contributed by atoms with Crippen molar-refractivity contribution in [3.8, 4) is 0 Å². The van der Waals surface area contributed by atoms with E-state index in [0.717, 1.165) is 0 Å². The first-order valence-corrected chi connectivity index (χ1v) is 4.41. The summed E-state index contributed by atoms with van der Waals surface area (Å²) >= 11 is 5.73. The normalized spacial score (nSPS) is 9.62. The van der Waals surface area contributed by atoms with E-state index in [1.165, 1.54) is 18.2 Å². The molecule has 0 atom stereocenters. The van der Waals surface area contributed by atoms with Gasteiger partial charge in [-0.1, -0.05) is 12.1 Å². The number of benzene rings is 1. The molecule has 0 bridgehead atoms. The molecule has 0 unspecified atom stereocenters. The summed E-state index contributed by atoms with van der Waals surface area (Å²) in [7, 11) is 0. The summed E-state index contributed by atoms with van der Waals surface area (Å²) in [5, 5.41) is 10.4. The van der Waals surface area contributed by atoms with Crippen molar-refractivity contribution in [1.29, 1.82) is 0 Å². The van der Waals surface area contributed by atoms with E-state index in [1.807, 2.05) is 0 Å². The van der Waals surface area contributed by atoms with Gasteiger partial charge in [0.05, 0.1) is 9.82 Å². The van der Waals surface area contributed by atoms with Crippen molar-refractivity contribution in [2.24, 2.45) is 0 Å². The monoisotopic (exact) mass is 217 g/mol. The fourth-order valence-corrected chi connectivity index (χ4v) is 1.60. The number of nitro benzene ring substituents is 1. The highest BCUT2D eigenvalue weighted by atomic mass is 35.5. The molecule has 68 valence electrons. The standard InChI is InChI=1S/C7H4ClNO3S/c8-7(10)13-6-4-2-1-3-5(6)9(11)12/h1-4H. The van der Waals surface area contributed by atoms with Crippen LogP contribution in [0.4, 0.5) is 10.5 Å². The summed E-state index contributed by atoms with van der Waals surface area (Å²) in [6.07, 6.45) is 0. The predicted octanol–water partition coefficient (Wildman–Crippen LogP) is 3.05. The molecular formula is C7H4ClNO3S. The fourth-order valence-electron chi connectivity index (χ4n) is 0.781. The second-order valence-corrected chi connectivity index (χ2v) is 3.65. The topological polar surface area (TPSA) is 60.2 Å². The molecule has 0 N–H and O–H groups in total. The third-order valence-corrected chi connectivity index (χ3v) is 2.21. The number of carbonyl (C=O) groups is 1. The quantitative estimate of drug-likeness (QED) is 0.331. The van der Waals surface area contributed by atoms with E-state index in [9.17, 15) is 14.9 Å². The number of rotatable bonds is 2. The highest BCUT2D eigenvalue weighted by molar-refractivity contribution is 8.16. The number of nitro groups is 1. The lowest BCUT2D eigenvalue weighted by atomic mass is 10.3. The van der Waals surface area contributed by atoms with Gasteiger partial charge in [0.15, 0.2) is 0 Å². The number of carbonyl (C=O) groups excluding carboxylic acids is 1. The molecule has 0 saturated heterocycles. The Bertz CT molecular complexity index is 355. The lowest BCUT2D eigenvalue weighted by Gasteiger charge is -1.96. The van der Waals surface area contributed by atoms with Gasteiger partial charge in [0.25, 0.3) is 10.3 Å². The van der Waals surface area contributed by atoms with Crippen molar-refractivity contribution in [1.82, 2.24) is 0 Å². The molecule has 0 radical (unpaired) electrons. The van der Waals surface area contributed by atoms with Gasteiger partial charge in [-0.2, -0.15) is 0 Å². The summed E-state index contributed by atoms with van der Waals surface area (Å²) in [5.41, 5.74) is -0.110. The Kier molecular flexibility index (Phi) is 3.27. The van der Waals surface area contributed by atoms with Crippen LogP contribution in [0.2, 0.25) is 0 Å². The van der Waals surface area contributed by atoms with Crippen molar-refractivity contribution in [2.75, 3.05) is 0 Å². The van der Waals surface area contributed by atoms with Crippen LogP contribution in [0.1, 0.15) is 0 Å². The molecule has 0 aliphatic rings. The Morgan fingerprint density at radius 1 is 1.46 bits per heavy atom. The average molecular weight is 218 g/mol. The van der Waals surface area contributed by atoms with Gasteiger partial charge in [-0.3, -0.25) is 14.9 Å². The van der Waals surface area contributed by atoms with E-state index in [-0.39, 0.29) is 10.6 Å². The molecule has 4 nitrogen and oxygen atoms in total. The highest BCUT2D eigenvalue weighted by Gasteiger charge is 2.14. The van der Waals surface area contributed by atoms with Gasteiger partial charge >= 0.3 is 0 Å². The van der Waals surface area contributed by atoms with Crippen LogP contribution in [0, 0.1) is 10.1 Å². The van der Waals surface area contributed by atoms with E-state index in [2.05, 4.69) is 0 Å². The molecule has 0 saturated carbocycles. The molecule has 1 aromatic rings. The number of para-hydroxylation sites is 1. The zero-order chi connectivity index (χ0) is 9.84. The van der Waals surface area contributed by atoms with Gasteiger partial charge in [-0.25, -0.2) is 0 Å². The third-order valence-electron chi connectivity index (χ3n) is 1.25. The zero-order valence-corrected chi connectivity index (χ0v) is 7.84. The van der Waals surface area contributed by atoms with Crippen LogP contribution in [0.3, 0.4) is 0 Å². The average Bonchev–Trinajstić information content (AvgIpc) is 2.03. The number of nitrogens with zero attached hydrogens (tertiary/aromatic N) is 1. The summed E-state index contributed by atoms with van der Waals surface area (Å²) in [6.45, 7) is 0. The molecule has 0 aromatic heterocycles. The first-order valence-electron chi connectivity index (χ1n) is 3.22. The maximum absolute atomic E-state index is 10.5. The van der Waals surface area contributed by atoms with Crippen molar-refractivity contribution >= 4 is 33.6 Å². The lowest BCUT2D eigenvalue weighted by molar-refractivity contribution is -0.387. The molecule has 1 rings (SSSR count). The molecule has 0 spiro atoms. The maximum atomic E-state index is 10.5. The van der Waals surface area contributed by atoms with Crippen molar-refractivity contribution in [3.05, 3.63) is 34.4 Å². The van der Waals surface area contributed by atoms with Crippen molar-refractivity contribution < 1.29 is 9.72 Å². The Morgan fingerprint density at radius 2 is 2.08 bits per heavy atom. The second-order valence-electron chi connectivity index (χ2n) is 2.06. The Labute approximate surface area is 83.0 Å². The molecule has 0 heterocycles. The molecule has 13 heavy (non-hydrogen) atoms. The SMILES string of the molecule is O=C(Cl)Sc1ccccc1[N+](=O)[O-]. The van der Waals surface area contributed by atoms with Gasteiger partial charge in [0.1, 0.15) is 0 Å². The number of hydrogen-bond acceptors (Lipinski definition) is 4. The van der Waals surface area contributed by atoms with Gasteiger partial charge in [-0.15, -0.1) is 0 Å². The number of thioether (sulfide) groups is 1. The summed E-state index contributed by atoms with van der Waals surface area (Å²) in [6, 6.07) is 5.93. The minimum absolute atomic E-state index is 0.110. The highest BCUT2D eigenvalue weighted by Crippen LogP contribution is 2.30. The largest absolute Gasteiger partial charge is 0.284 e. The van der Waals surface area contributed by atoms with Crippen LogP contribution >= 0.6 is 23.4 Å². The molecule has 0 amide bonds. The van der Waals surface area contributed by atoms with Crippen LogP contribution in [-0.2, 0) is 0 Å². The van der Waals surface area contributed by atoms with Gasteiger partial charge in [-0.05, 0) is 29.4 Å². The Hall–Kier alpha value is -1.07. The fraction of sp³-hybridized carbons (Fsp3) is 0. The number of hydrogen-bond donors (Lipinski definition) is 0. The second kappa shape index (κ2) is 4.25. The van der Waals surface area contributed by atoms with E-state index < -0.39 is 9.50 Å². The molecule has 6 heteroatoms. The third kappa shape index (κ3) is 2.71. The van der Waals surface area contributed by atoms with Crippen LogP contribution in [0.15, 0.2) is 29.2 Å². The molecule has 1 aromatic carbocycles. The minimum atomic E-state index is -0.686. The first kappa shape index (κ1) is 10.0. The van der Waals surface area contributed by atoms with E-state index >= 15 is 0 Å². The summed E-state index contributed by atoms with van der Waals surface area (Å²) < 4.78 is -0.686. The van der Waals surface area contributed by atoms with Gasteiger partial charge in [0.2, 0.25) is 0 Å². The van der Waals surface area contributed by atoms with Gasteiger partial charge in [0, 0.05) is 6.07 Å². The Morgan fingerprint density at radius 3 is 2.62 bits per heavy atom. The molecule has 0 fully saturated rings.